The molecule has 0 unspecified atom stereocenters. The quantitative estimate of drug-likeness (QED) is 0.190. The van der Waals surface area contributed by atoms with E-state index in [1.807, 2.05) is 0 Å². The molecule has 30 heavy (non-hydrogen) atoms. The van der Waals surface area contributed by atoms with Gasteiger partial charge >= 0.3 is 0 Å². The Morgan fingerprint density at radius 3 is 1.97 bits per heavy atom. The molecule has 1 rings (SSSR count). The zero-order valence-electron chi connectivity index (χ0n) is 19.4. The van der Waals surface area contributed by atoms with E-state index in [9.17, 15) is 10.2 Å². The SMILES string of the molecule is CCC/C=C/CCCCCCCCCCCCCCO[C@H]1[C@@H]([C@@H](O)CO)OC[C@H]1O. The first-order chi connectivity index (χ1) is 14.7. The number of aliphatic hydroxyl groups excluding tert-OH is 3. The minimum absolute atomic E-state index is 0.156. The van der Waals surface area contributed by atoms with Crippen molar-refractivity contribution in [2.75, 3.05) is 19.8 Å². The second-order valence-electron chi connectivity index (χ2n) is 8.74. The maximum atomic E-state index is 9.90. The van der Waals surface area contributed by atoms with Crippen LogP contribution in [0.4, 0.5) is 0 Å². The number of ether oxygens (including phenoxy) is 2. The molecular weight excluding hydrogens is 380 g/mol. The molecular formula is C25H48O5. The summed E-state index contributed by atoms with van der Waals surface area (Å²) in [5, 5.41) is 28.7. The van der Waals surface area contributed by atoms with Gasteiger partial charge in [0.1, 0.15) is 24.4 Å². The lowest BCUT2D eigenvalue weighted by Crippen LogP contribution is -2.42. The Bertz CT molecular complexity index is 401. The highest BCUT2D eigenvalue weighted by Gasteiger charge is 2.40. The molecule has 1 saturated heterocycles. The van der Waals surface area contributed by atoms with Gasteiger partial charge in [-0.25, -0.2) is 0 Å². The molecule has 4 atom stereocenters. The minimum atomic E-state index is -1.00. The highest BCUT2D eigenvalue weighted by Crippen LogP contribution is 2.21. The summed E-state index contributed by atoms with van der Waals surface area (Å²) >= 11 is 0. The zero-order chi connectivity index (χ0) is 21.9. The third kappa shape index (κ3) is 13.1. The summed E-state index contributed by atoms with van der Waals surface area (Å²) in [5.41, 5.74) is 0. The van der Waals surface area contributed by atoms with Crippen LogP contribution in [0, 0.1) is 0 Å². The van der Waals surface area contributed by atoms with E-state index in [1.165, 1.54) is 83.5 Å². The van der Waals surface area contributed by atoms with E-state index in [0.717, 1.165) is 12.8 Å². The predicted octanol–water partition coefficient (Wildman–Crippen LogP) is 4.91. The molecule has 1 aliphatic heterocycles. The van der Waals surface area contributed by atoms with Gasteiger partial charge in [0.15, 0.2) is 0 Å². The van der Waals surface area contributed by atoms with Crippen molar-refractivity contribution in [1.82, 2.24) is 0 Å². The molecule has 0 bridgehead atoms. The lowest BCUT2D eigenvalue weighted by atomic mass is 10.0. The Morgan fingerprint density at radius 2 is 1.40 bits per heavy atom. The largest absolute Gasteiger partial charge is 0.394 e. The summed E-state index contributed by atoms with van der Waals surface area (Å²) in [7, 11) is 0. The first-order valence-corrected chi connectivity index (χ1v) is 12.6. The summed E-state index contributed by atoms with van der Waals surface area (Å²) in [4.78, 5) is 0. The van der Waals surface area contributed by atoms with Gasteiger partial charge in [0.2, 0.25) is 0 Å². The Hall–Kier alpha value is -0.460. The van der Waals surface area contributed by atoms with Crippen LogP contribution in [0.5, 0.6) is 0 Å². The summed E-state index contributed by atoms with van der Waals surface area (Å²) in [6.07, 6.45) is 21.0. The fourth-order valence-corrected chi connectivity index (χ4v) is 4.01. The highest BCUT2D eigenvalue weighted by atomic mass is 16.6. The molecule has 1 aliphatic rings. The number of hydrogen-bond donors (Lipinski definition) is 3. The Kier molecular flexibility index (Phi) is 17.7. The van der Waals surface area contributed by atoms with Crippen molar-refractivity contribution in [2.45, 2.75) is 128 Å². The van der Waals surface area contributed by atoms with Crippen molar-refractivity contribution in [3.8, 4) is 0 Å². The first kappa shape index (κ1) is 27.6. The van der Waals surface area contributed by atoms with E-state index in [1.54, 1.807) is 0 Å². The van der Waals surface area contributed by atoms with E-state index < -0.39 is 24.4 Å². The molecule has 5 heteroatoms. The van der Waals surface area contributed by atoms with Crippen LogP contribution >= 0.6 is 0 Å². The number of hydrogen-bond acceptors (Lipinski definition) is 5. The second kappa shape index (κ2) is 19.2. The Labute approximate surface area is 184 Å². The standard InChI is InChI=1S/C25H48O5/c1-2-3-4-5-6-7-8-9-10-11-12-13-14-15-16-17-18-19-29-25-23(28)21-30-24(25)22(27)20-26/h4-5,22-28H,2-3,6-21H2,1H3/b5-4+/t22-,23+,24+,25+/m0/s1. The Balaban J connectivity index is 1.82. The van der Waals surface area contributed by atoms with Crippen molar-refractivity contribution in [2.24, 2.45) is 0 Å². The highest BCUT2D eigenvalue weighted by molar-refractivity contribution is 4.89. The fourth-order valence-electron chi connectivity index (χ4n) is 4.01. The van der Waals surface area contributed by atoms with E-state index in [-0.39, 0.29) is 13.2 Å². The van der Waals surface area contributed by atoms with Crippen molar-refractivity contribution in [3.05, 3.63) is 12.2 Å². The van der Waals surface area contributed by atoms with Gasteiger partial charge in [0.05, 0.1) is 13.2 Å². The normalized spacial score (nSPS) is 22.9. The molecule has 3 N–H and O–H groups in total. The van der Waals surface area contributed by atoms with Crippen LogP contribution in [0.2, 0.25) is 0 Å². The van der Waals surface area contributed by atoms with Crippen LogP contribution in [0.25, 0.3) is 0 Å². The van der Waals surface area contributed by atoms with E-state index >= 15 is 0 Å². The van der Waals surface area contributed by atoms with Crippen LogP contribution < -0.4 is 0 Å². The third-order valence-electron chi connectivity index (χ3n) is 5.93. The van der Waals surface area contributed by atoms with Crippen LogP contribution in [0.3, 0.4) is 0 Å². The topological polar surface area (TPSA) is 79.2 Å². The monoisotopic (exact) mass is 428 g/mol. The Morgan fingerprint density at radius 1 is 0.867 bits per heavy atom. The molecule has 0 aromatic carbocycles. The van der Waals surface area contributed by atoms with Gasteiger partial charge in [0, 0.05) is 6.61 Å². The second-order valence-corrected chi connectivity index (χ2v) is 8.74. The van der Waals surface area contributed by atoms with Gasteiger partial charge in [0.25, 0.3) is 0 Å². The van der Waals surface area contributed by atoms with Gasteiger partial charge in [-0.05, 0) is 25.7 Å². The van der Waals surface area contributed by atoms with Gasteiger partial charge < -0.3 is 24.8 Å². The summed E-state index contributed by atoms with van der Waals surface area (Å²) in [5.74, 6) is 0. The van der Waals surface area contributed by atoms with Crippen LogP contribution in [0.15, 0.2) is 12.2 Å². The van der Waals surface area contributed by atoms with E-state index in [0.29, 0.717) is 6.61 Å². The summed E-state index contributed by atoms with van der Waals surface area (Å²) < 4.78 is 11.1. The maximum Gasteiger partial charge on any atom is 0.114 e. The molecule has 5 nitrogen and oxygen atoms in total. The third-order valence-corrected chi connectivity index (χ3v) is 5.93. The van der Waals surface area contributed by atoms with Crippen molar-refractivity contribution >= 4 is 0 Å². The molecule has 178 valence electrons. The molecule has 0 aromatic heterocycles. The summed E-state index contributed by atoms with van der Waals surface area (Å²) in [6.45, 7) is 2.56. The van der Waals surface area contributed by atoms with Crippen molar-refractivity contribution < 1.29 is 24.8 Å². The molecule has 0 aliphatic carbocycles. The molecule has 1 heterocycles. The molecule has 0 saturated carbocycles. The van der Waals surface area contributed by atoms with E-state index in [2.05, 4.69) is 19.1 Å². The number of allylic oxidation sites excluding steroid dienone is 2. The number of rotatable bonds is 20. The smallest absolute Gasteiger partial charge is 0.114 e. The zero-order valence-corrected chi connectivity index (χ0v) is 19.4. The van der Waals surface area contributed by atoms with Gasteiger partial charge in [-0.1, -0.05) is 89.7 Å². The molecule has 0 spiro atoms. The molecule has 0 aromatic rings. The molecule has 0 radical (unpaired) electrons. The molecule has 1 fully saturated rings. The van der Waals surface area contributed by atoms with Crippen LogP contribution in [0.1, 0.15) is 103 Å². The summed E-state index contributed by atoms with van der Waals surface area (Å²) in [6, 6.07) is 0. The van der Waals surface area contributed by atoms with Crippen molar-refractivity contribution in [3.63, 3.8) is 0 Å². The van der Waals surface area contributed by atoms with Gasteiger partial charge in [-0.2, -0.15) is 0 Å². The lowest BCUT2D eigenvalue weighted by Gasteiger charge is -2.23. The average molecular weight is 429 g/mol. The van der Waals surface area contributed by atoms with Gasteiger partial charge in [-0.15, -0.1) is 0 Å². The first-order valence-electron chi connectivity index (χ1n) is 12.6. The lowest BCUT2D eigenvalue weighted by molar-refractivity contribution is -0.0938. The van der Waals surface area contributed by atoms with Crippen LogP contribution in [-0.2, 0) is 9.47 Å². The molecule has 0 amide bonds. The average Bonchev–Trinajstić information content (AvgIpc) is 3.12. The van der Waals surface area contributed by atoms with Crippen molar-refractivity contribution in [1.29, 1.82) is 0 Å². The minimum Gasteiger partial charge on any atom is -0.394 e. The fraction of sp³-hybridized carbons (Fsp3) is 0.920. The van der Waals surface area contributed by atoms with Crippen LogP contribution in [-0.4, -0.2) is 59.6 Å². The van der Waals surface area contributed by atoms with Gasteiger partial charge in [-0.3, -0.25) is 0 Å². The number of unbranched alkanes of at least 4 members (excludes halogenated alkanes) is 13. The predicted molar refractivity (Wildman–Crippen MR) is 123 cm³/mol. The number of aliphatic hydroxyl groups is 3. The van der Waals surface area contributed by atoms with E-state index in [4.69, 9.17) is 14.6 Å². The maximum absolute atomic E-state index is 9.90.